The smallest absolute Gasteiger partial charge is 0.0588 e. The Bertz CT molecular complexity index is 402. The van der Waals surface area contributed by atoms with Gasteiger partial charge in [-0.3, -0.25) is 4.68 Å². The van der Waals surface area contributed by atoms with Crippen LogP contribution in [0.3, 0.4) is 0 Å². The molecule has 0 saturated carbocycles. The van der Waals surface area contributed by atoms with Gasteiger partial charge < -0.3 is 9.88 Å². The van der Waals surface area contributed by atoms with Gasteiger partial charge in [0.15, 0.2) is 0 Å². The van der Waals surface area contributed by atoms with Crippen molar-refractivity contribution in [2.75, 3.05) is 6.54 Å². The third-order valence-electron chi connectivity index (χ3n) is 2.54. The SMILES string of the molecule is CCNCc1ccn(CCn2cccn2)c1. The number of hydrogen-bond acceptors (Lipinski definition) is 2. The van der Waals surface area contributed by atoms with Crippen LogP contribution in [0.4, 0.5) is 0 Å². The van der Waals surface area contributed by atoms with Gasteiger partial charge >= 0.3 is 0 Å². The average molecular weight is 218 g/mol. The summed E-state index contributed by atoms with van der Waals surface area (Å²) in [6, 6.07) is 4.11. The van der Waals surface area contributed by atoms with Crippen molar-refractivity contribution in [2.45, 2.75) is 26.6 Å². The Morgan fingerprint density at radius 3 is 3.00 bits per heavy atom. The summed E-state index contributed by atoms with van der Waals surface area (Å²) >= 11 is 0. The average Bonchev–Trinajstić information content (AvgIpc) is 2.95. The molecule has 1 N–H and O–H groups in total. The van der Waals surface area contributed by atoms with Crippen LogP contribution in [0, 0.1) is 0 Å². The van der Waals surface area contributed by atoms with Crippen LogP contribution in [-0.2, 0) is 19.6 Å². The lowest BCUT2D eigenvalue weighted by atomic mass is 10.3. The van der Waals surface area contributed by atoms with Gasteiger partial charge in [0.2, 0.25) is 0 Å². The summed E-state index contributed by atoms with van der Waals surface area (Å²) in [7, 11) is 0. The molecule has 0 spiro atoms. The van der Waals surface area contributed by atoms with Gasteiger partial charge in [-0.2, -0.15) is 5.10 Å². The molecule has 0 aromatic carbocycles. The fourth-order valence-corrected chi connectivity index (χ4v) is 1.65. The quantitative estimate of drug-likeness (QED) is 0.797. The summed E-state index contributed by atoms with van der Waals surface area (Å²) < 4.78 is 4.15. The normalized spacial score (nSPS) is 10.8. The van der Waals surface area contributed by atoms with Crippen molar-refractivity contribution in [1.82, 2.24) is 19.7 Å². The Morgan fingerprint density at radius 1 is 1.31 bits per heavy atom. The van der Waals surface area contributed by atoms with E-state index in [0.717, 1.165) is 26.2 Å². The molecule has 0 aliphatic heterocycles. The molecule has 0 saturated heterocycles. The van der Waals surface area contributed by atoms with E-state index >= 15 is 0 Å². The van der Waals surface area contributed by atoms with E-state index in [1.165, 1.54) is 5.56 Å². The molecule has 0 aliphatic rings. The first kappa shape index (κ1) is 11.0. The molecule has 4 heteroatoms. The molecule has 0 unspecified atom stereocenters. The topological polar surface area (TPSA) is 34.8 Å². The molecule has 2 rings (SSSR count). The Hall–Kier alpha value is -1.55. The number of aryl methyl sites for hydroxylation is 2. The molecule has 16 heavy (non-hydrogen) atoms. The molecule has 2 aromatic heterocycles. The summed E-state index contributed by atoms with van der Waals surface area (Å²) in [5.74, 6) is 0. The lowest BCUT2D eigenvalue weighted by Gasteiger charge is -2.03. The van der Waals surface area contributed by atoms with Crippen LogP contribution in [0.1, 0.15) is 12.5 Å². The second-order valence-corrected chi connectivity index (χ2v) is 3.81. The zero-order valence-electron chi connectivity index (χ0n) is 9.63. The molecule has 86 valence electrons. The van der Waals surface area contributed by atoms with Crippen LogP contribution in [-0.4, -0.2) is 20.9 Å². The van der Waals surface area contributed by atoms with Crippen LogP contribution in [0.15, 0.2) is 36.9 Å². The molecule has 2 heterocycles. The van der Waals surface area contributed by atoms with Crippen LogP contribution < -0.4 is 5.32 Å². The minimum atomic E-state index is 0.919. The van der Waals surface area contributed by atoms with Crippen LogP contribution in [0.5, 0.6) is 0 Å². The van der Waals surface area contributed by atoms with E-state index in [1.54, 1.807) is 0 Å². The van der Waals surface area contributed by atoms with E-state index in [1.807, 2.05) is 23.1 Å². The minimum Gasteiger partial charge on any atom is -0.352 e. The van der Waals surface area contributed by atoms with Crippen molar-refractivity contribution in [2.24, 2.45) is 0 Å². The molecule has 0 bridgehead atoms. The molecule has 4 nitrogen and oxygen atoms in total. The van der Waals surface area contributed by atoms with Crippen molar-refractivity contribution < 1.29 is 0 Å². The Morgan fingerprint density at radius 2 is 2.25 bits per heavy atom. The third-order valence-corrected chi connectivity index (χ3v) is 2.54. The maximum atomic E-state index is 4.18. The fraction of sp³-hybridized carbons (Fsp3) is 0.417. The van der Waals surface area contributed by atoms with Crippen LogP contribution >= 0.6 is 0 Å². The maximum Gasteiger partial charge on any atom is 0.0588 e. The van der Waals surface area contributed by atoms with Crippen LogP contribution in [0.25, 0.3) is 0 Å². The van der Waals surface area contributed by atoms with E-state index in [4.69, 9.17) is 0 Å². The van der Waals surface area contributed by atoms with Crippen molar-refractivity contribution >= 4 is 0 Å². The number of nitrogens with zero attached hydrogens (tertiary/aromatic N) is 3. The Labute approximate surface area is 95.9 Å². The molecule has 0 fully saturated rings. The number of aromatic nitrogens is 3. The van der Waals surface area contributed by atoms with E-state index < -0.39 is 0 Å². The zero-order chi connectivity index (χ0) is 11.2. The monoisotopic (exact) mass is 218 g/mol. The first-order valence-electron chi connectivity index (χ1n) is 5.71. The van der Waals surface area contributed by atoms with Gasteiger partial charge in [-0.25, -0.2) is 0 Å². The van der Waals surface area contributed by atoms with Gasteiger partial charge in [0, 0.05) is 37.9 Å². The summed E-state index contributed by atoms with van der Waals surface area (Å²) in [6.45, 7) is 5.97. The van der Waals surface area contributed by atoms with Crippen molar-refractivity contribution in [1.29, 1.82) is 0 Å². The highest BCUT2D eigenvalue weighted by molar-refractivity contribution is 5.09. The Kier molecular flexibility index (Phi) is 3.77. The van der Waals surface area contributed by atoms with Gasteiger partial charge in [-0.05, 0) is 24.2 Å². The standard InChI is InChI=1S/C12H18N4/c1-2-13-10-12-4-7-15(11-12)8-9-16-6-3-5-14-16/h3-7,11,13H,2,8-10H2,1H3. The fourth-order valence-electron chi connectivity index (χ4n) is 1.65. The van der Waals surface area contributed by atoms with Gasteiger partial charge in [-0.1, -0.05) is 6.92 Å². The molecular weight excluding hydrogens is 200 g/mol. The van der Waals surface area contributed by atoms with Gasteiger partial charge in [-0.15, -0.1) is 0 Å². The predicted molar refractivity (Wildman–Crippen MR) is 64.0 cm³/mol. The number of rotatable bonds is 6. The first-order chi connectivity index (χ1) is 7.88. The van der Waals surface area contributed by atoms with Gasteiger partial charge in [0.05, 0.1) is 6.54 Å². The van der Waals surface area contributed by atoms with E-state index in [2.05, 4.69) is 40.4 Å². The lowest BCUT2D eigenvalue weighted by Crippen LogP contribution is -2.11. The molecule has 2 aromatic rings. The van der Waals surface area contributed by atoms with E-state index in [-0.39, 0.29) is 0 Å². The minimum absolute atomic E-state index is 0.919. The van der Waals surface area contributed by atoms with Gasteiger partial charge in [0.25, 0.3) is 0 Å². The highest BCUT2D eigenvalue weighted by atomic mass is 15.3. The lowest BCUT2D eigenvalue weighted by molar-refractivity contribution is 0.534. The molecule has 0 aliphatic carbocycles. The van der Waals surface area contributed by atoms with E-state index in [9.17, 15) is 0 Å². The number of nitrogens with one attached hydrogen (secondary N) is 1. The van der Waals surface area contributed by atoms with E-state index in [0.29, 0.717) is 0 Å². The summed E-state index contributed by atoms with van der Waals surface area (Å²) in [4.78, 5) is 0. The maximum absolute atomic E-state index is 4.18. The highest BCUT2D eigenvalue weighted by Gasteiger charge is 1.96. The van der Waals surface area contributed by atoms with Gasteiger partial charge in [0.1, 0.15) is 0 Å². The first-order valence-corrected chi connectivity index (χ1v) is 5.71. The molecular formula is C12H18N4. The molecule has 0 atom stereocenters. The third kappa shape index (κ3) is 2.97. The second kappa shape index (κ2) is 5.51. The largest absolute Gasteiger partial charge is 0.352 e. The summed E-state index contributed by atoms with van der Waals surface area (Å²) in [5, 5.41) is 7.50. The Balaban J connectivity index is 1.83. The highest BCUT2D eigenvalue weighted by Crippen LogP contribution is 2.01. The molecule has 0 amide bonds. The van der Waals surface area contributed by atoms with Crippen LogP contribution in [0.2, 0.25) is 0 Å². The molecule has 0 radical (unpaired) electrons. The van der Waals surface area contributed by atoms with Crippen molar-refractivity contribution in [3.63, 3.8) is 0 Å². The predicted octanol–water partition coefficient (Wildman–Crippen LogP) is 1.49. The summed E-state index contributed by atoms with van der Waals surface area (Å²) in [5.41, 5.74) is 1.34. The number of hydrogen-bond donors (Lipinski definition) is 1. The zero-order valence-corrected chi connectivity index (χ0v) is 9.63. The summed E-state index contributed by atoms with van der Waals surface area (Å²) in [6.07, 6.45) is 8.11. The second-order valence-electron chi connectivity index (χ2n) is 3.81. The van der Waals surface area contributed by atoms with Crippen molar-refractivity contribution in [3.05, 3.63) is 42.5 Å². The van der Waals surface area contributed by atoms with Crippen molar-refractivity contribution in [3.8, 4) is 0 Å².